The Labute approximate surface area is 170 Å². The van der Waals surface area contributed by atoms with Gasteiger partial charge in [0, 0.05) is 17.6 Å². The third-order valence-electron chi connectivity index (χ3n) is 2.90. The average molecular weight is 543 g/mol. The minimum Gasteiger partial charge on any atom is -0.425 e. The predicted octanol–water partition coefficient (Wildman–Crippen LogP) is 5.72. The molecule has 0 unspecified atom stereocenters. The quantitative estimate of drug-likeness (QED) is 0.194. The molecule has 0 radical (unpaired) electrons. The number of aromatic nitrogens is 3. The molecule has 0 aliphatic rings. The predicted molar refractivity (Wildman–Crippen MR) is 106 cm³/mol. The minimum absolute atomic E-state index is 0.0224. The number of halogens is 5. The smallest absolute Gasteiger partial charge is 0.425 e. The maximum atomic E-state index is 13.2. The highest BCUT2D eigenvalue weighted by atomic mass is 127. The molecule has 0 spiro atoms. The summed E-state index contributed by atoms with van der Waals surface area (Å²) in [6.45, 7) is 3.75. The molecule has 0 bridgehead atoms. The average Bonchev–Trinajstić information content (AvgIpc) is 2.94. The summed E-state index contributed by atoms with van der Waals surface area (Å²) in [6.07, 6.45) is 7.57. The Balaban J connectivity index is 2.50. The normalized spacial score (nSPS) is 13.0. The molecule has 0 fully saturated rings. The van der Waals surface area contributed by atoms with E-state index in [-0.39, 0.29) is 11.6 Å². The van der Waals surface area contributed by atoms with Gasteiger partial charge in [0.25, 0.3) is 0 Å². The van der Waals surface area contributed by atoms with Crippen molar-refractivity contribution in [1.29, 1.82) is 0 Å². The maximum absolute atomic E-state index is 13.2. The zero-order valence-corrected chi connectivity index (χ0v) is 17.2. The number of alkyl halides is 4. The lowest BCUT2D eigenvalue weighted by atomic mass is 10.1. The molecule has 0 aliphatic carbocycles. The maximum Gasteiger partial charge on any atom is 0.451 e. The molecule has 4 nitrogen and oxygen atoms in total. The van der Waals surface area contributed by atoms with E-state index >= 15 is 0 Å². The van der Waals surface area contributed by atoms with Crippen molar-refractivity contribution in [3.63, 3.8) is 0 Å². The van der Waals surface area contributed by atoms with Crippen molar-refractivity contribution >= 4 is 55.7 Å². The molecule has 0 aromatic carbocycles. The molecular weight excluding hydrogens is 530 g/mol. The lowest BCUT2D eigenvalue weighted by Gasteiger charge is -2.13. The van der Waals surface area contributed by atoms with E-state index in [0.29, 0.717) is 21.6 Å². The number of pyridine rings is 1. The number of nitrogens with zero attached hydrogens (tertiary/aromatic N) is 3. The Morgan fingerprint density at radius 2 is 2.28 bits per heavy atom. The Hall–Kier alpha value is -1.26. The summed E-state index contributed by atoms with van der Waals surface area (Å²) in [4.78, 5) is 4.06. The highest BCUT2D eigenvalue weighted by Crippen LogP contribution is 2.30. The van der Waals surface area contributed by atoms with Crippen molar-refractivity contribution in [2.75, 3.05) is 5.88 Å². The van der Waals surface area contributed by atoms with Crippen LogP contribution in [0.15, 0.2) is 65.8 Å². The van der Waals surface area contributed by atoms with E-state index in [2.05, 4.69) is 37.3 Å². The van der Waals surface area contributed by atoms with Crippen molar-refractivity contribution in [3.8, 4) is 5.69 Å². The molecule has 2 aromatic heterocycles. The number of rotatable bonds is 7. The summed E-state index contributed by atoms with van der Waals surface area (Å²) in [6, 6.07) is 5.33. The zero-order chi connectivity index (χ0) is 18.4. The van der Waals surface area contributed by atoms with Gasteiger partial charge in [0.2, 0.25) is 0 Å². The summed E-state index contributed by atoms with van der Waals surface area (Å²) in [7, 11) is 0. The molecule has 9 heteroatoms. The molecule has 2 aromatic rings. The molecule has 0 atom stereocenters. The molecule has 2 heterocycles. The third kappa shape index (κ3) is 5.89. The molecule has 0 saturated carbocycles. The van der Waals surface area contributed by atoms with Crippen LogP contribution in [0.3, 0.4) is 0 Å². The van der Waals surface area contributed by atoms with Crippen molar-refractivity contribution in [2.24, 2.45) is 0 Å². The van der Waals surface area contributed by atoms with E-state index in [9.17, 15) is 8.78 Å². The summed E-state index contributed by atoms with van der Waals surface area (Å²) >= 11 is 9.86. The van der Waals surface area contributed by atoms with Gasteiger partial charge < -0.3 is 4.74 Å². The Morgan fingerprint density at radius 3 is 2.84 bits per heavy atom. The first-order valence-corrected chi connectivity index (χ1v) is 9.27. The van der Waals surface area contributed by atoms with Crippen LogP contribution in [0.2, 0.25) is 0 Å². The Bertz CT molecular complexity index is 803. The molecule has 132 valence electrons. The van der Waals surface area contributed by atoms with E-state index in [0.717, 1.165) is 22.6 Å². The van der Waals surface area contributed by atoms with Gasteiger partial charge >= 0.3 is 4.12 Å². The highest BCUT2D eigenvalue weighted by Gasteiger charge is 2.27. The fraction of sp³-hybridized carbons (Fsp3) is 0.125. The fourth-order valence-electron chi connectivity index (χ4n) is 1.96. The molecule has 0 saturated heterocycles. The number of allylic oxidation sites excluding steroid dienone is 4. The minimum atomic E-state index is -3.36. The lowest BCUT2D eigenvalue weighted by molar-refractivity contribution is -0.110. The number of hydrogen-bond acceptors (Lipinski definition) is 3. The second-order valence-corrected chi connectivity index (χ2v) is 6.96. The van der Waals surface area contributed by atoms with Gasteiger partial charge in [0.05, 0.1) is 40.2 Å². The van der Waals surface area contributed by atoms with Crippen LogP contribution in [0, 0.1) is 0 Å². The monoisotopic (exact) mass is 541 g/mol. The van der Waals surface area contributed by atoms with Gasteiger partial charge in [0.1, 0.15) is 10.4 Å². The molecule has 0 aliphatic heterocycles. The van der Waals surface area contributed by atoms with Crippen LogP contribution in [0.5, 0.6) is 0 Å². The van der Waals surface area contributed by atoms with Gasteiger partial charge in [-0.2, -0.15) is 13.9 Å². The van der Waals surface area contributed by atoms with Crippen LogP contribution in [0.1, 0.15) is 5.69 Å². The molecular formula is C16H12BrClF2IN3O. The van der Waals surface area contributed by atoms with Gasteiger partial charge in [-0.25, -0.2) is 4.68 Å². The van der Waals surface area contributed by atoms with Crippen molar-refractivity contribution < 1.29 is 13.5 Å². The van der Waals surface area contributed by atoms with E-state index < -0.39 is 4.12 Å². The van der Waals surface area contributed by atoms with Crippen molar-refractivity contribution in [1.82, 2.24) is 14.8 Å². The van der Waals surface area contributed by atoms with E-state index in [1.165, 1.54) is 18.2 Å². The fourth-order valence-corrected chi connectivity index (χ4v) is 2.75. The second kappa shape index (κ2) is 8.91. The van der Waals surface area contributed by atoms with Gasteiger partial charge in [-0.15, -0.1) is 11.6 Å². The largest absolute Gasteiger partial charge is 0.451 e. The van der Waals surface area contributed by atoms with Gasteiger partial charge in [-0.3, -0.25) is 4.98 Å². The molecule has 2 rings (SSSR count). The zero-order valence-electron chi connectivity index (χ0n) is 12.7. The van der Waals surface area contributed by atoms with E-state index in [1.807, 2.05) is 6.07 Å². The second-order valence-electron chi connectivity index (χ2n) is 4.59. The summed E-state index contributed by atoms with van der Waals surface area (Å²) in [5, 5.41) is 4.35. The molecule has 0 N–H and O–H groups in total. The summed E-state index contributed by atoms with van der Waals surface area (Å²) < 4.78 is 29.9. The first kappa shape index (κ1) is 20.1. The van der Waals surface area contributed by atoms with Gasteiger partial charge in [-0.05, 0) is 46.3 Å². The summed E-state index contributed by atoms with van der Waals surface area (Å²) in [5.74, 6) is -0.0477. The van der Waals surface area contributed by atoms with Crippen LogP contribution < -0.4 is 0 Å². The van der Waals surface area contributed by atoms with Crippen LogP contribution in [-0.2, 0) is 4.74 Å². The van der Waals surface area contributed by atoms with Crippen molar-refractivity contribution in [2.45, 2.75) is 4.12 Å². The Kier molecular flexibility index (Phi) is 7.14. The van der Waals surface area contributed by atoms with Crippen LogP contribution >= 0.6 is 50.1 Å². The first-order valence-electron chi connectivity index (χ1n) is 6.86. The highest BCUT2D eigenvalue weighted by molar-refractivity contribution is 14.1. The summed E-state index contributed by atoms with van der Waals surface area (Å²) in [5.41, 5.74) is 1.86. The topological polar surface area (TPSA) is 39.9 Å². The molecule has 25 heavy (non-hydrogen) atoms. The van der Waals surface area contributed by atoms with Crippen LogP contribution in [0.4, 0.5) is 8.78 Å². The van der Waals surface area contributed by atoms with Crippen molar-refractivity contribution in [3.05, 3.63) is 71.5 Å². The van der Waals surface area contributed by atoms with Crippen LogP contribution in [-0.4, -0.2) is 24.8 Å². The number of hydrogen-bond donors (Lipinski definition) is 0. The molecule has 0 amide bonds. The standard InChI is InChI=1S/C16H12BrClF2IN3O/c1-2-11(8-13(5-6-18)25-16(19,20)21)14-9-15(17)23-24(14)12-4-3-7-22-10-12/h2-5,7-10H,1,6H2/b11-8+,13-5+. The van der Waals surface area contributed by atoms with Gasteiger partial charge in [0.15, 0.2) is 0 Å². The Morgan fingerprint density at radius 1 is 1.52 bits per heavy atom. The third-order valence-corrected chi connectivity index (χ3v) is 3.66. The van der Waals surface area contributed by atoms with Gasteiger partial charge in [-0.1, -0.05) is 12.7 Å². The SMILES string of the molecule is C=C/C(=C\C(=C/CCl)OC(F)(F)I)c1cc(Br)nn1-c1cccnc1. The van der Waals surface area contributed by atoms with Crippen LogP contribution in [0.25, 0.3) is 11.3 Å². The number of ether oxygens (including phenoxy) is 1. The lowest BCUT2D eigenvalue weighted by Crippen LogP contribution is -2.10. The van der Waals surface area contributed by atoms with E-state index in [1.54, 1.807) is 29.2 Å². The van der Waals surface area contributed by atoms with E-state index in [4.69, 9.17) is 11.6 Å². The first-order chi connectivity index (χ1) is 11.8.